The van der Waals surface area contributed by atoms with Gasteiger partial charge in [0.2, 0.25) is 0 Å². The van der Waals surface area contributed by atoms with Crippen LogP contribution in [0.3, 0.4) is 0 Å². The van der Waals surface area contributed by atoms with Crippen LogP contribution in [-0.2, 0) is 9.59 Å². The molecule has 116 valence electrons. The summed E-state index contributed by atoms with van der Waals surface area (Å²) in [6, 6.07) is -1.80. The molecule has 0 rings (SSSR count). The van der Waals surface area contributed by atoms with E-state index >= 15 is 0 Å². The molecule has 7 heteroatoms. The van der Waals surface area contributed by atoms with Crippen molar-refractivity contribution in [3.05, 3.63) is 0 Å². The molecule has 0 fully saturated rings. The van der Waals surface area contributed by atoms with Crippen LogP contribution in [0, 0.1) is 11.3 Å². The number of amides is 2. The maximum atomic E-state index is 11.6. The zero-order chi connectivity index (χ0) is 15.9. The van der Waals surface area contributed by atoms with Gasteiger partial charge in [-0.05, 0) is 17.8 Å². The zero-order valence-electron chi connectivity index (χ0n) is 12.4. The second-order valence-corrected chi connectivity index (χ2v) is 5.94. The van der Waals surface area contributed by atoms with Gasteiger partial charge < -0.3 is 20.8 Å². The maximum Gasteiger partial charge on any atom is 0.326 e. The van der Waals surface area contributed by atoms with Crippen molar-refractivity contribution in [2.45, 2.75) is 46.6 Å². The minimum atomic E-state index is -1.25. The Bertz CT molecular complexity index is 362. The third-order valence-electron chi connectivity index (χ3n) is 3.30. The number of carbonyl (C=O) groups is 3. The Morgan fingerprint density at radius 3 is 2.10 bits per heavy atom. The van der Waals surface area contributed by atoms with Crippen LogP contribution < -0.4 is 10.6 Å². The molecule has 20 heavy (non-hydrogen) atoms. The van der Waals surface area contributed by atoms with E-state index in [9.17, 15) is 14.4 Å². The number of carboxylic acids is 2. The monoisotopic (exact) mass is 288 g/mol. The molecule has 0 radical (unpaired) electrons. The van der Waals surface area contributed by atoms with Crippen molar-refractivity contribution >= 4 is 18.0 Å². The first-order valence-electron chi connectivity index (χ1n) is 6.53. The summed E-state index contributed by atoms with van der Waals surface area (Å²) in [6.45, 7) is 8.54. The van der Waals surface area contributed by atoms with Crippen LogP contribution in [0.25, 0.3) is 0 Å². The summed E-state index contributed by atoms with van der Waals surface area (Å²) < 4.78 is 0. The number of rotatable bonds is 7. The lowest BCUT2D eigenvalue weighted by Crippen LogP contribution is -2.47. The molecule has 0 bridgehead atoms. The summed E-state index contributed by atoms with van der Waals surface area (Å²) >= 11 is 0. The van der Waals surface area contributed by atoms with Crippen LogP contribution in [0.4, 0.5) is 4.79 Å². The molecule has 0 aromatic carbocycles. The molecular formula is C13H24N2O5. The fraction of sp³-hybridized carbons (Fsp3) is 0.769. The van der Waals surface area contributed by atoms with Gasteiger partial charge in [-0.3, -0.25) is 4.79 Å². The normalized spacial score (nSPS) is 14.2. The third kappa shape index (κ3) is 7.60. The van der Waals surface area contributed by atoms with Gasteiger partial charge in [-0.25, -0.2) is 9.59 Å². The van der Waals surface area contributed by atoms with Crippen LogP contribution >= 0.6 is 0 Å². The van der Waals surface area contributed by atoms with Crippen molar-refractivity contribution in [2.75, 3.05) is 6.54 Å². The molecule has 7 nitrogen and oxygen atoms in total. The Morgan fingerprint density at radius 2 is 1.70 bits per heavy atom. The van der Waals surface area contributed by atoms with Crippen molar-refractivity contribution in [1.29, 1.82) is 0 Å². The fourth-order valence-electron chi connectivity index (χ4n) is 1.29. The minimum Gasteiger partial charge on any atom is -0.481 e. The van der Waals surface area contributed by atoms with E-state index in [1.54, 1.807) is 0 Å². The van der Waals surface area contributed by atoms with Gasteiger partial charge in [-0.2, -0.15) is 0 Å². The molecule has 2 amide bonds. The highest BCUT2D eigenvalue weighted by Gasteiger charge is 2.23. The average molecular weight is 288 g/mol. The fourth-order valence-corrected chi connectivity index (χ4v) is 1.29. The SMILES string of the molecule is CC(CNC(=O)N[C@@H](CCC(=O)O)C(=O)O)C(C)(C)C. The predicted octanol–water partition coefficient (Wildman–Crippen LogP) is 1.29. The summed E-state index contributed by atoms with van der Waals surface area (Å²) in [4.78, 5) is 32.9. The van der Waals surface area contributed by atoms with Gasteiger partial charge in [0.15, 0.2) is 0 Å². The van der Waals surface area contributed by atoms with Gasteiger partial charge in [-0.15, -0.1) is 0 Å². The molecule has 0 heterocycles. The highest BCUT2D eigenvalue weighted by Crippen LogP contribution is 2.24. The second kappa shape index (κ2) is 7.72. The van der Waals surface area contributed by atoms with Gasteiger partial charge >= 0.3 is 18.0 Å². The van der Waals surface area contributed by atoms with Gasteiger partial charge in [0.25, 0.3) is 0 Å². The van der Waals surface area contributed by atoms with E-state index in [0.29, 0.717) is 6.54 Å². The largest absolute Gasteiger partial charge is 0.481 e. The van der Waals surface area contributed by atoms with E-state index in [1.807, 2.05) is 27.7 Å². The van der Waals surface area contributed by atoms with E-state index in [1.165, 1.54) is 0 Å². The Morgan fingerprint density at radius 1 is 1.15 bits per heavy atom. The molecule has 4 N–H and O–H groups in total. The van der Waals surface area contributed by atoms with E-state index in [4.69, 9.17) is 10.2 Å². The molecule has 1 unspecified atom stereocenters. The van der Waals surface area contributed by atoms with Crippen molar-refractivity contribution in [2.24, 2.45) is 11.3 Å². The number of urea groups is 1. The molecule has 0 aliphatic heterocycles. The molecular weight excluding hydrogens is 264 g/mol. The van der Waals surface area contributed by atoms with Crippen LogP contribution in [0.5, 0.6) is 0 Å². The topological polar surface area (TPSA) is 116 Å². The van der Waals surface area contributed by atoms with Crippen LogP contribution in [0.1, 0.15) is 40.5 Å². The summed E-state index contributed by atoms with van der Waals surface area (Å²) in [7, 11) is 0. The first kappa shape index (κ1) is 18.2. The summed E-state index contributed by atoms with van der Waals surface area (Å²) in [5, 5.41) is 22.3. The van der Waals surface area contributed by atoms with E-state index in [0.717, 1.165) is 0 Å². The average Bonchev–Trinajstić information content (AvgIpc) is 2.29. The summed E-state index contributed by atoms with van der Waals surface area (Å²) in [6.07, 6.45) is -0.456. The first-order valence-corrected chi connectivity index (χ1v) is 6.53. The zero-order valence-corrected chi connectivity index (χ0v) is 12.4. The highest BCUT2D eigenvalue weighted by atomic mass is 16.4. The first-order chi connectivity index (χ1) is 9.04. The minimum absolute atomic E-state index is 0.0305. The maximum absolute atomic E-state index is 11.6. The molecule has 0 saturated heterocycles. The molecule has 0 saturated carbocycles. The Balaban J connectivity index is 4.27. The van der Waals surface area contributed by atoms with E-state index in [2.05, 4.69) is 10.6 Å². The summed E-state index contributed by atoms with van der Waals surface area (Å²) in [5.74, 6) is -2.12. The quantitative estimate of drug-likeness (QED) is 0.563. The Hall–Kier alpha value is -1.79. The number of aliphatic carboxylic acids is 2. The van der Waals surface area contributed by atoms with Gasteiger partial charge in [-0.1, -0.05) is 27.7 Å². The smallest absolute Gasteiger partial charge is 0.326 e. The number of nitrogens with one attached hydrogen (secondary N) is 2. The lowest BCUT2D eigenvalue weighted by Gasteiger charge is -2.27. The van der Waals surface area contributed by atoms with Crippen LogP contribution in [0.15, 0.2) is 0 Å². The third-order valence-corrected chi connectivity index (χ3v) is 3.30. The predicted molar refractivity (Wildman–Crippen MR) is 73.4 cm³/mol. The number of hydrogen-bond acceptors (Lipinski definition) is 3. The van der Waals surface area contributed by atoms with Gasteiger partial charge in [0, 0.05) is 13.0 Å². The molecule has 0 spiro atoms. The molecule has 0 aliphatic carbocycles. The molecule has 0 aromatic heterocycles. The van der Waals surface area contributed by atoms with Crippen LogP contribution in [-0.4, -0.2) is 40.8 Å². The highest BCUT2D eigenvalue weighted by molar-refractivity contribution is 5.82. The van der Waals surface area contributed by atoms with Crippen molar-refractivity contribution < 1.29 is 24.6 Å². The van der Waals surface area contributed by atoms with Crippen molar-refractivity contribution in [3.8, 4) is 0 Å². The number of hydrogen-bond donors (Lipinski definition) is 4. The van der Waals surface area contributed by atoms with Gasteiger partial charge in [0.05, 0.1) is 0 Å². The van der Waals surface area contributed by atoms with Crippen molar-refractivity contribution in [3.63, 3.8) is 0 Å². The molecule has 2 atom stereocenters. The molecule has 0 aliphatic rings. The molecule has 0 aromatic rings. The standard InChI is InChI=1S/C13H24N2O5/c1-8(13(2,3)4)7-14-12(20)15-9(11(18)19)5-6-10(16)17/h8-9H,5-7H2,1-4H3,(H,16,17)(H,18,19)(H2,14,15,20)/t8?,9-/m0/s1. The second-order valence-electron chi connectivity index (χ2n) is 5.94. The number of carbonyl (C=O) groups excluding carboxylic acids is 1. The number of carboxylic acid groups (broad SMARTS) is 2. The summed E-state index contributed by atoms with van der Waals surface area (Å²) in [5.41, 5.74) is 0.0305. The van der Waals surface area contributed by atoms with Gasteiger partial charge in [0.1, 0.15) is 6.04 Å². The Labute approximate surface area is 118 Å². The van der Waals surface area contributed by atoms with E-state index in [-0.39, 0.29) is 24.2 Å². The van der Waals surface area contributed by atoms with Crippen molar-refractivity contribution in [1.82, 2.24) is 10.6 Å². The van der Waals surface area contributed by atoms with Crippen LogP contribution in [0.2, 0.25) is 0 Å². The Kier molecular flexibility index (Phi) is 7.02. The lowest BCUT2D eigenvalue weighted by molar-refractivity contribution is -0.140. The lowest BCUT2D eigenvalue weighted by atomic mass is 9.82. The van der Waals surface area contributed by atoms with E-state index < -0.39 is 24.0 Å².